The van der Waals surface area contributed by atoms with Crippen LogP contribution in [0.25, 0.3) is 10.4 Å². The second kappa shape index (κ2) is 8.99. The molecule has 5 nitrogen and oxygen atoms in total. The second-order valence-corrected chi connectivity index (χ2v) is 13.1. The average molecular weight is 457 g/mol. The van der Waals surface area contributed by atoms with E-state index in [1.54, 1.807) is 43.4 Å². The molecule has 1 amide bonds. The van der Waals surface area contributed by atoms with Crippen LogP contribution in [0.1, 0.15) is 43.6 Å². The molecular weight excluding hydrogens is 427 g/mol. The maximum absolute atomic E-state index is 12.8. The molecule has 0 aliphatic rings. The van der Waals surface area contributed by atoms with Gasteiger partial charge in [0.25, 0.3) is 5.91 Å². The van der Waals surface area contributed by atoms with Crippen molar-refractivity contribution in [3.63, 3.8) is 0 Å². The SMILES string of the molecule is CC(C)P(=O)(O)C(C)(C)Cc1ccc(C(=O)Nc2cc(-c3cccs3)ccc2N)cc1. The van der Waals surface area contributed by atoms with Crippen molar-refractivity contribution >= 4 is 36.0 Å². The Kier molecular flexibility index (Phi) is 6.75. The Morgan fingerprint density at radius 1 is 1.16 bits per heavy atom. The zero-order valence-corrected chi connectivity index (χ0v) is 20.0. The standard InChI is InChI=1S/C24H29N2O3PS/c1-16(2)30(28,29)24(3,4)15-17-7-9-18(10-8-17)23(27)26-21-14-19(11-12-20(21)25)22-6-5-13-31-22/h5-14,16H,15,25H2,1-4H3,(H,26,27)(H,28,29). The molecule has 0 saturated carbocycles. The lowest BCUT2D eigenvalue weighted by Gasteiger charge is -2.33. The van der Waals surface area contributed by atoms with E-state index >= 15 is 0 Å². The van der Waals surface area contributed by atoms with E-state index < -0.39 is 12.5 Å². The Morgan fingerprint density at radius 2 is 1.84 bits per heavy atom. The molecule has 0 bridgehead atoms. The molecule has 0 aliphatic carbocycles. The summed E-state index contributed by atoms with van der Waals surface area (Å²) in [5.74, 6) is -0.254. The zero-order chi connectivity index (χ0) is 22.8. The van der Waals surface area contributed by atoms with E-state index in [-0.39, 0.29) is 11.6 Å². The van der Waals surface area contributed by atoms with Crippen LogP contribution in [-0.4, -0.2) is 21.6 Å². The largest absolute Gasteiger partial charge is 0.397 e. The summed E-state index contributed by atoms with van der Waals surface area (Å²) in [5, 5.41) is 4.15. The molecule has 31 heavy (non-hydrogen) atoms. The van der Waals surface area contributed by atoms with E-state index in [0.29, 0.717) is 23.4 Å². The monoisotopic (exact) mass is 456 g/mol. The van der Waals surface area contributed by atoms with Crippen molar-refractivity contribution in [3.05, 3.63) is 71.1 Å². The van der Waals surface area contributed by atoms with Gasteiger partial charge in [0.2, 0.25) is 7.37 Å². The number of benzene rings is 2. The molecule has 1 atom stereocenters. The Balaban J connectivity index is 1.74. The normalized spacial score (nSPS) is 13.7. The molecule has 3 aromatic rings. The number of thiophene rings is 1. The van der Waals surface area contributed by atoms with Gasteiger partial charge in [0.1, 0.15) is 0 Å². The van der Waals surface area contributed by atoms with Crippen LogP contribution >= 0.6 is 18.7 Å². The molecule has 7 heteroatoms. The highest BCUT2D eigenvalue weighted by Crippen LogP contribution is 2.59. The third-order valence-corrected chi connectivity index (χ3v) is 9.74. The molecule has 164 valence electrons. The van der Waals surface area contributed by atoms with Gasteiger partial charge in [-0.15, -0.1) is 11.3 Å². The quantitative estimate of drug-likeness (QED) is 0.289. The van der Waals surface area contributed by atoms with Crippen molar-refractivity contribution in [1.29, 1.82) is 0 Å². The number of anilines is 2. The van der Waals surface area contributed by atoms with Crippen molar-refractivity contribution in [2.45, 2.75) is 44.9 Å². The number of amides is 1. The van der Waals surface area contributed by atoms with Crippen LogP contribution in [0.5, 0.6) is 0 Å². The summed E-state index contributed by atoms with van der Waals surface area (Å²) in [5.41, 5.74) is 9.24. The smallest absolute Gasteiger partial charge is 0.255 e. The number of nitrogens with two attached hydrogens (primary N) is 1. The van der Waals surface area contributed by atoms with Gasteiger partial charge in [-0.3, -0.25) is 9.36 Å². The number of hydrogen-bond donors (Lipinski definition) is 3. The van der Waals surface area contributed by atoms with Gasteiger partial charge in [-0.25, -0.2) is 0 Å². The van der Waals surface area contributed by atoms with Gasteiger partial charge in [0.15, 0.2) is 0 Å². The van der Waals surface area contributed by atoms with Crippen molar-refractivity contribution in [2.24, 2.45) is 0 Å². The average Bonchev–Trinajstić information content (AvgIpc) is 3.24. The predicted molar refractivity (Wildman–Crippen MR) is 131 cm³/mol. The van der Waals surface area contributed by atoms with Gasteiger partial charge < -0.3 is 15.9 Å². The number of nitrogens with one attached hydrogen (secondary N) is 1. The third kappa shape index (κ3) is 5.09. The lowest BCUT2D eigenvalue weighted by molar-refractivity contribution is 0.102. The van der Waals surface area contributed by atoms with Gasteiger partial charge >= 0.3 is 0 Å². The van der Waals surface area contributed by atoms with Gasteiger partial charge in [-0.05, 0) is 53.3 Å². The molecule has 4 N–H and O–H groups in total. The molecule has 0 spiro atoms. The highest BCUT2D eigenvalue weighted by Gasteiger charge is 2.41. The lowest BCUT2D eigenvalue weighted by Crippen LogP contribution is -2.27. The van der Waals surface area contributed by atoms with Crippen molar-refractivity contribution in [3.8, 4) is 10.4 Å². The first kappa shape index (κ1) is 23.3. The topological polar surface area (TPSA) is 92.4 Å². The summed E-state index contributed by atoms with van der Waals surface area (Å²) < 4.78 is 12.7. The highest BCUT2D eigenvalue weighted by atomic mass is 32.1. The molecule has 2 aromatic carbocycles. The van der Waals surface area contributed by atoms with E-state index in [2.05, 4.69) is 5.32 Å². The highest BCUT2D eigenvalue weighted by molar-refractivity contribution is 7.60. The number of hydrogen-bond acceptors (Lipinski definition) is 4. The van der Waals surface area contributed by atoms with Gasteiger partial charge in [-0.2, -0.15) is 0 Å². The molecule has 0 radical (unpaired) electrons. The Bertz CT molecular complexity index is 1110. The maximum atomic E-state index is 12.8. The van der Waals surface area contributed by atoms with Crippen LogP contribution in [0.15, 0.2) is 60.0 Å². The minimum atomic E-state index is -3.33. The van der Waals surface area contributed by atoms with Gasteiger partial charge in [0.05, 0.1) is 11.4 Å². The van der Waals surface area contributed by atoms with E-state index in [1.165, 1.54) is 0 Å². The van der Waals surface area contributed by atoms with Crippen molar-refractivity contribution in [1.82, 2.24) is 0 Å². The molecule has 1 unspecified atom stereocenters. The first-order valence-corrected chi connectivity index (χ1v) is 12.8. The fourth-order valence-corrected chi connectivity index (χ4v) is 6.07. The van der Waals surface area contributed by atoms with E-state index in [9.17, 15) is 14.3 Å². The van der Waals surface area contributed by atoms with Crippen LogP contribution in [-0.2, 0) is 11.0 Å². The first-order chi connectivity index (χ1) is 14.5. The minimum absolute atomic E-state index is 0.254. The Hall–Kier alpha value is -2.40. The van der Waals surface area contributed by atoms with Crippen LogP contribution < -0.4 is 11.1 Å². The number of carbonyl (C=O) groups excluding carboxylic acids is 1. The summed E-state index contributed by atoms with van der Waals surface area (Å²) in [7, 11) is -3.33. The van der Waals surface area contributed by atoms with Gasteiger partial charge in [-0.1, -0.05) is 52.0 Å². The Labute approximate surface area is 187 Å². The van der Waals surface area contributed by atoms with E-state index in [1.807, 2.05) is 55.6 Å². The van der Waals surface area contributed by atoms with Gasteiger partial charge in [0, 0.05) is 21.3 Å². The molecule has 1 heterocycles. The fourth-order valence-electron chi connectivity index (χ4n) is 3.54. The van der Waals surface area contributed by atoms with Crippen LogP contribution in [0.2, 0.25) is 0 Å². The summed E-state index contributed by atoms with van der Waals surface area (Å²) >= 11 is 1.62. The molecular formula is C24H29N2O3PS. The van der Waals surface area contributed by atoms with Crippen molar-refractivity contribution in [2.75, 3.05) is 11.1 Å². The number of carbonyl (C=O) groups is 1. The van der Waals surface area contributed by atoms with Crippen molar-refractivity contribution < 1.29 is 14.3 Å². The molecule has 0 saturated heterocycles. The summed E-state index contributed by atoms with van der Waals surface area (Å²) in [4.78, 5) is 24.3. The first-order valence-electron chi connectivity index (χ1n) is 10.2. The third-order valence-electron chi connectivity index (χ3n) is 5.53. The van der Waals surface area contributed by atoms with Crippen LogP contribution in [0.4, 0.5) is 11.4 Å². The molecule has 3 rings (SSSR count). The molecule has 0 fully saturated rings. The van der Waals surface area contributed by atoms with E-state index in [4.69, 9.17) is 5.73 Å². The van der Waals surface area contributed by atoms with Crippen LogP contribution in [0, 0.1) is 0 Å². The number of rotatable bonds is 7. The maximum Gasteiger partial charge on any atom is 0.255 e. The fraction of sp³-hybridized carbons (Fsp3) is 0.292. The van der Waals surface area contributed by atoms with Crippen LogP contribution in [0.3, 0.4) is 0 Å². The molecule has 1 aromatic heterocycles. The summed E-state index contributed by atoms with van der Waals surface area (Å²) in [6.07, 6.45) is 0.455. The Morgan fingerprint density at radius 3 is 2.42 bits per heavy atom. The number of nitrogen functional groups attached to an aromatic ring is 1. The zero-order valence-electron chi connectivity index (χ0n) is 18.3. The predicted octanol–water partition coefficient (Wildman–Crippen LogP) is 6.25. The molecule has 0 aliphatic heterocycles. The lowest BCUT2D eigenvalue weighted by atomic mass is 10.0. The minimum Gasteiger partial charge on any atom is -0.397 e. The summed E-state index contributed by atoms with van der Waals surface area (Å²) in [6, 6.07) is 16.7. The second-order valence-electron chi connectivity index (χ2n) is 8.64. The summed E-state index contributed by atoms with van der Waals surface area (Å²) in [6.45, 7) is 7.18. The van der Waals surface area contributed by atoms with E-state index in [0.717, 1.165) is 16.0 Å².